The van der Waals surface area contributed by atoms with Gasteiger partial charge in [0.15, 0.2) is 0 Å². The Labute approximate surface area is 122 Å². The van der Waals surface area contributed by atoms with E-state index in [2.05, 4.69) is 21.2 Å². The van der Waals surface area contributed by atoms with Crippen LogP contribution in [0.15, 0.2) is 46.9 Å². The Bertz CT molecular complexity index is 688. The number of benzene rings is 2. The highest BCUT2D eigenvalue weighted by atomic mass is 79.9. The van der Waals surface area contributed by atoms with Gasteiger partial charge in [-0.15, -0.1) is 0 Å². The third kappa shape index (κ3) is 3.21. The van der Waals surface area contributed by atoms with Crippen LogP contribution in [0.1, 0.15) is 20.7 Å². The fraction of sp³-hybridized carbons (Fsp3) is 0. The molecule has 0 aromatic heterocycles. The van der Waals surface area contributed by atoms with Gasteiger partial charge in [-0.05, 0) is 52.3 Å². The molecular weight excluding hydrogens is 329 g/mol. The molecule has 0 aliphatic rings. The maximum Gasteiger partial charge on any atom is 0.335 e. The molecule has 0 saturated carbocycles. The molecule has 4 nitrogen and oxygen atoms in total. The van der Waals surface area contributed by atoms with Gasteiger partial charge in [-0.1, -0.05) is 6.07 Å². The van der Waals surface area contributed by atoms with Crippen LogP contribution in [0.5, 0.6) is 0 Å². The lowest BCUT2D eigenvalue weighted by Crippen LogP contribution is -2.13. The van der Waals surface area contributed by atoms with Gasteiger partial charge in [0.1, 0.15) is 5.82 Å². The third-order valence-electron chi connectivity index (χ3n) is 2.55. The Hall–Kier alpha value is -2.21. The Morgan fingerprint density at radius 2 is 1.80 bits per heavy atom. The molecule has 0 spiro atoms. The number of halogens is 2. The van der Waals surface area contributed by atoms with E-state index in [-0.39, 0.29) is 16.8 Å². The number of hydrogen-bond donors (Lipinski definition) is 2. The second-order valence-corrected chi connectivity index (χ2v) is 4.82. The molecular formula is C14H9BrFNO3. The van der Waals surface area contributed by atoms with Crippen molar-refractivity contribution in [1.82, 2.24) is 0 Å². The Morgan fingerprint density at radius 1 is 1.10 bits per heavy atom. The van der Waals surface area contributed by atoms with Crippen molar-refractivity contribution in [3.05, 3.63) is 63.9 Å². The molecule has 2 aromatic carbocycles. The monoisotopic (exact) mass is 337 g/mol. The van der Waals surface area contributed by atoms with Crippen molar-refractivity contribution in [1.29, 1.82) is 0 Å². The lowest BCUT2D eigenvalue weighted by Gasteiger charge is -2.06. The van der Waals surface area contributed by atoms with Crippen molar-refractivity contribution in [3.63, 3.8) is 0 Å². The number of anilines is 1. The molecule has 0 fully saturated rings. The molecule has 0 radical (unpaired) electrons. The normalized spacial score (nSPS) is 10.1. The van der Waals surface area contributed by atoms with Crippen molar-refractivity contribution in [2.45, 2.75) is 0 Å². The first-order valence-electron chi connectivity index (χ1n) is 5.57. The zero-order valence-electron chi connectivity index (χ0n) is 10.1. The highest BCUT2D eigenvalue weighted by Gasteiger charge is 2.10. The topological polar surface area (TPSA) is 66.4 Å². The van der Waals surface area contributed by atoms with Crippen LogP contribution in [0.2, 0.25) is 0 Å². The number of carboxylic acids is 1. The van der Waals surface area contributed by atoms with E-state index in [1.807, 2.05) is 0 Å². The van der Waals surface area contributed by atoms with Crippen molar-refractivity contribution in [2.75, 3.05) is 5.32 Å². The minimum absolute atomic E-state index is 0.0136. The van der Waals surface area contributed by atoms with E-state index >= 15 is 0 Å². The number of hydrogen-bond acceptors (Lipinski definition) is 2. The van der Waals surface area contributed by atoms with Crippen LogP contribution in [-0.2, 0) is 0 Å². The standard InChI is InChI=1S/C14H9BrFNO3/c15-11-5-4-10(7-12(11)16)17-13(18)8-2-1-3-9(6-8)14(19)20/h1-7H,(H,17,18)(H,19,20). The second-order valence-electron chi connectivity index (χ2n) is 3.97. The number of carboxylic acid groups (broad SMARTS) is 1. The molecule has 0 heterocycles. The van der Waals surface area contributed by atoms with Gasteiger partial charge in [0, 0.05) is 11.3 Å². The number of nitrogens with one attached hydrogen (secondary N) is 1. The fourth-order valence-corrected chi connectivity index (χ4v) is 1.82. The largest absolute Gasteiger partial charge is 0.478 e. The van der Waals surface area contributed by atoms with E-state index in [9.17, 15) is 14.0 Å². The zero-order valence-corrected chi connectivity index (χ0v) is 11.6. The summed E-state index contributed by atoms with van der Waals surface area (Å²) in [5.74, 6) is -2.12. The predicted molar refractivity (Wildman–Crippen MR) is 75.5 cm³/mol. The molecule has 0 bridgehead atoms. The molecule has 0 aliphatic carbocycles. The van der Waals surface area contributed by atoms with Crippen molar-refractivity contribution in [3.8, 4) is 0 Å². The molecule has 1 amide bonds. The number of amides is 1. The molecule has 0 unspecified atom stereocenters. The highest BCUT2D eigenvalue weighted by molar-refractivity contribution is 9.10. The van der Waals surface area contributed by atoms with E-state index in [0.717, 1.165) is 0 Å². The van der Waals surface area contributed by atoms with Gasteiger partial charge in [-0.3, -0.25) is 4.79 Å². The first-order valence-corrected chi connectivity index (χ1v) is 6.36. The summed E-state index contributed by atoms with van der Waals surface area (Å²) < 4.78 is 13.6. The molecule has 2 N–H and O–H groups in total. The summed E-state index contributed by atoms with van der Waals surface area (Å²) in [7, 11) is 0. The van der Waals surface area contributed by atoms with Gasteiger partial charge in [0.05, 0.1) is 10.0 Å². The minimum atomic E-state index is -1.12. The Morgan fingerprint density at radius 3 is 2.45 bits per heavy atom. The van der Waals surface area contributed by atoms with Gasteiger partial charge >= 0.3 is 5.97 Å². The third-order valence-corrected chi connectivity index (χ3v) is 3.19. The predicted octanol–water partition coefficient (Wildman–Crippen LogP) is 3.54. The Balaban J connectivity index is 2.21. The summed E-state index contributed by atoms with van der Waals surface area (Å²) in [6, 6.07) is 9.77. The molecule has 0 atom stereocenters. The van der Waals surface area contributed by atoms with E-state index in [4.69, 9.17) is 5.11 Å². The maximum absolute atomic E-state index is 13.3. The summed E-state index contributed by atoms with van der Waals surface area (Å²) in [5, 5.41) is 11.4. The molecule has 2 aromatic rings. The smallest absolute Gasteiger partial charge is 0.335 e. The van der Waals surface area contributed by atoms with Crippen LogP contribution in [0.4, 0.5) is 10.1 Å². The van der Waals surface area contributed by atoms with Gasteiger partial charge in [-0.25, -0.2) is 9.18 Å². The van der Waals surface area contributed by atoms with Crippen molar-refractivity contribution >= 4 is 33.5 Å². The van der Waals surface area contributed by atoms with Gasteiger partial charge < -0.3 is 10.4 Å². The molecule has 20 heavy (non-hydrogen) atoms. The van der Waals surface area contributed by atoms with E-state index in [1.54, 1.807) is 0 Å². The summed E-state index contributed by atoms with van der Waals surface area (Å²) in [5.41, 5.74) is 0.490. The van der Waals surface area contributed by atoms with Gasteiger partial charge in [0.25, 0.3) is 5.91 Å². The quantitative estimate of drug-likeness (QED) is 0.900. The van der Waals surface area contributed by atoms with Crippen molar-refractivity contribution < 1.29 is 19.1 Å². The number of carbonyl (C=O) groups is 2. The molecule has 0 saturated heterocycles. The molecule has 6 heteroatoms. The van der Waals surface area contributed by atoms with Gasteiger partial charge in [-0.2, -0.15) is 0 Å². The first-order chi connectivity index (χ1) is 9.47. The SMILES string of the molecule is O=C(O)c1cccc(C(=O)Nc2ccc(Br)c(F)c2)c1. The number of aromatic carboxylic acids is 1. The van der Waals surface area contributed by atoms with Crippen LogP contribution in [-0.4, -0.2) is 17.0 Å². The lowest BCUT2D eigenvalue weighted by atomic mass is 10.1. The molecule has 0 aliphatic heterocycles. The van der Waals surface area contributed by atoms with Gasteiger partial charge in [0.2, 0.25) is 0 Å². The molecule has 2 rings (SSSR count). The van der Waals surface area contributed by atoms with E-state index < -0.39 is 17.7 Å². The van der Waals surface area contributed by atoms with E-state index in [1.165, 1.54) is 42.5 Å². The fourth-order valence-electron chi connectivity index (χ4n) is 1.57. The van der Waals surface area contributed by atoms with Crippen LogP contribution in [0.25, 0.3) is 0 Å². The van der Waals surface area contributed by atoms with Crippen LogP contribution in [0.3, 0.4) is 0 Å². The zero-order chi connectivity index (χ0) is 14.7. The summed E-state index contributed by atoms with van der Waals surface area (Å²) in [4.78, 5) is 22.8. The summed E-state index contributed by atoms with van der Waals surface area (Å²) >= 11 is 3.01. The lowest BCUT2D eigenvalue weighted by molar-refractivity contribution is 0.0697. The maximum atomic E-state index is 13.3. The second kappa shape index (κ2) is 5.83. The first kappa shape index (κ1) is 14.2. The average molecular weight is 338 g/mol. The number of rotatable bonds is 3. The van der Waals surface area contributed by atoms with Crippen LogP contribution < -0.4 is 5.32 Å². The van der Waals surface area contributed by atoms with Crippen LogP contribution >= 0.6 is 15.9 Å². The summed E-state index contributed by atoms with van der Waals surface area (Å²) in [6.45, 7) is 0. The van der Waals surface area contributed by atoms with Crippen LogP contribution in [0, 0.1) is 5.82 Å². The summed E-state index contributed by atoms with van der Waals surface area (Å²) in [6.07, 6.45) is 0. The highest BCUT2D eigenvalue weighted by Crippen LogP contribution is 2.20. The Kier molecular flexibility index (Phi) is 4.14. The minimum Gasteiger partial charge on any atom is -0.478 e. The van der Waals surface area contributed by atoms with E-state index in [0.29, 0.717) is 4.47 Å². The average Bonchev–Trinajstić information content (AvgIpc) is 2.43. The van der Waals surface area contributed by atoms with Crippen molar-refractivity contribution in [2.24, 2.45) is 0 Å². The number of carbonyl (C=O) groups excluding carboxylic acids is 1. The molecule has 102 valence electrons.